The molecular formula is C15H23N5O. The topological polar surface area (TPSA) is 77.0 Å². The molecule has 1 saturated heterocycles. The molecule has 0 aromatic carbocycles. The summed E-state index contributed by atoms with van der Waals surface area (Å²) in [6, 6.07) is -0.461. The van der Waals surface area contributed by atoms with E-state index in [9.17, 15) is 4.79 Å². The fourth-order valence-corrected chi connectivity index (χ4v) is 3.30. The van der Waals surface area contributed by atoms with Crippen LogP contribution in [0.4, 0.5) is 0 Å². The molecule has 3 rings (SSSR count). The normalized spacial score (nSPS) is 23.4. The molecule has 0 radical (unpaired) electrons. The summed E-state index contributed by atoms with van der Waals surface area (Å²) in [6.07, 6.45) is 11.0. The Hall–Kier alpha value is -1.69. The number of likely N-dealkylation sites (tertiary alicyclic amines) is 1. The van der Waals surface area contributed by atoms with E-state index in [2.05, 4.69) is 16.3 Å². The van der Waals surface area contributed by atoms with Crippen molar-refractivity contribution in [3.63, 3.8) is 0 Å². The second-order valence-electron chi connectivity index (χ2n) is 5.98. The Bertz CT molecular complexity index is 510. The molecular weight excluding hydrogens is 266 g/mol. The third-order valence-electron chi connectivity index (χ3n) is 4.54. The second-order valence-corrected chi connectivity index (χ2v) is 5.98. The van der Waals surface area contributed by atoms with E-state index in [1.807, 2.05) is 4.90 Å². The van der Waals surface area contributed by atoms with Crippen molar-refractivity contribution in [3.05, 3.63) is 24.0 Å². The summed E-state index contributed by atoms with van der Waals surface area (Å²) in [4.78, 5) is 16.0. The Labute approximate surface area is 125 Å². The van der Waals surface area contributed by atoms with Crippen LogP contribution in [0.15, 0.2) is 24.0 Å². The van der Waals surface area contributed by atoms with E-state index in [0.717, 1.165) is 25.9 Å². The van der Waals surface area contributed by atoms with Gasteiger partial charge in [-0.2, -0.15) is 15.0 Å². The van der Waals surface area contributed by atoms with E-state index in [0.29, 0.717) is 18.9 Å². The number of amides is 1. The van der Waals surface area contributed by atoms with Crippen LogP contribution in [0.25, 0.3) is 0 Å². The molecule has 2 heterocycles. The number of nitrogens with zero attached hydrogens (tertiary/aromatic N) is 4. The summed E-state index contributed by atoms with van der Waals surface area (Å²) in [5.74, 6) is 0.763. The van der Waals surface area contributed by atoms with Crippen LogP contribution in [0.5, 0.6) is 0 Å². The first-order valence-electron chi connectivity index (χ1n) is 7.81. The Morgan fingerprint density at radius 2 is 2.19 bits per heavy atom. The highest BCUT2D eigenvalue weighted by molar-refractivity contribution is 5.82. The van der Waals surface area contributed by atoms with Crippen LogP contribution in [0, 0.1) is 5.92 Å². The first-order valence-corrected chi connectivity index (χ1v) is 7.81. The van der Waals surface area contributed by atoms with Gasteiger partial charge in [0.25, 0.3) is 0 Å². The minimum absolute atomic E-state index is 0.0621. The number of hydrogen-bond acceptors (Lipinski definition) is 4. The average Bonchev–Trinajstić information content (AvgIpc) is 3.05. The third-order valence-corrected chi connectivity index (χ3v) is 4.54. The van der Waals surface area contributed by atoms with Crippen LogP contribution in [0.3, 0.4) is 0 Å². The number of rotatable bonds is 4. The predicted molar refractivity (Wildman–Crippen MR) is 79.2 cm³/mol. The van der Waals surface area contributed by atoms with E-state index >= 15 is 0 Å². The predicted octanol–water partition coefficient (Wildman–Crippen LogP) is 0.954. The molecule has 0 bridgehead atoms. The molecule has 2 unspecified atom stereocenters. The van der Waals surface area contributed by atoms with Gasteiger partial charge in [-0.3, -0.25) is 4.79 Å². The highest BCUT2D eigenvalue weighted by atomic mass is 16.2. The quantitative estimate of drug-likeness (QED) is 0.837. The van der Waals surface area contributed by atoms with Gasteiger partial charge in [-0.1, -0.05) is 11.6 Å². The van der Waals surface area contributed by atoms with E-state index < -0.39 is 6.04 Å². The van der Waals surface area contributed by atoms with Crippen molar-refractivity contribution in [2.75, 3.05) is 13.1 Å². The number of fused-ring (bicyclic) bond motifs is 1. The standard InChI is InChI=1S/C15H23N5O/c16-14(6-10-20-17-7-8-18-20)15(21)19-9-5-12-3-1-2-4-13(12)11-19/h4,7-8,12,14H,1-3,5-6,9-11,16H2. The monoisotopic (exact) mass is 289 g/mol. The van der Waals surface area contributed by atoms with Crippen LogP contribution in [-0.2, 0) is 11.3 Å². The maximum atomic E-state index is 12.5. The fourth-order valence-electron chi connectivity index (χ4n) is 3.30. The number of aromatic nitrogens is 3. The lowest BCUT2D eigenvalue weighted by Gasteiger charge is -2.37. The first kappa shape index (κ1) is 14.3. The number of carbonyl (C=O) groups excluding carboxylic acids is 1. The largest absolute Gasteiger partial charge is 0.337 e. The van der Waals surface area contributed by atoms with Crippen LogP contribution in [0.2, 0.25) is 0 Å². The van der Waals surface area contributed by atoms with E-state index in [-0.39, 0.29) is 5.91 Å². The van der Waals surface area contributed by atoms with Gasteiger partial charge >= 0.3 is 0 Å². The van der Waals surface area contributed by atoms with Gasteiger partial charge in [-0.15, -0.1) is 0 Å². The van der Waals surface area contributed by atoms with Gasteiger partial charge in [0, 0.05) is 13.1 Å². The van der Waals surface area contributed by atoms with Crippen LogP contribution in [0.1, 0.15) is 32.1 Å². The second kappa shape index (κ2) is 6.39. The van der Waals surface area contributed by atoms with Crippen LogP contribution >= 0.6 is 0 Å². The molecule has 2 aliphatic rings. The number of hydrogen-bond donors (Lipinski definition) is 1. The zero-order valence-corrected chi connectivity index (χ0v) is 12.3. The minimum atomic E-state index is -0.461. The molecule has 6 heteroatoms. The molecule has 114 valence electrons. The van der Waals surface area contributed by atoms with Gasteiger partial charge in [0.1, 0.15) is 0 Å². The molecule has 1 aliphatic heterocycles. The number of piperidine rings is 1. The SMILES string of the molecule is NC(CCn1nccn1)C(=O)N1CCC2CCCC=C2C1. The summed E-state index contributed by atoms with van der Waals surface area (Å²) in [7, 11) is 0. The van der Waals surface area contributed by atoms with Crippen molar-refractivity contribution >= 4 is 5.91 Å². The lowest BCUT2D eigenvalue weighted by molar-refractivity contribution is -0.133. The van der Waals surface area contributed by atoms with Gasteiger partial charge in [0.2, 0.25) is 5.91 Å². The van der Waals surface area contributed by atoms with Crippen molar-refractivity contribution in [2.24, 2.45) is 11.7 Å². The maximum Gasteiger partial charge on any atom is 0.239 e. The van der Waals surface area contributed by atoms with Crippen LogP contribution < -0.4 is 5.73 Å². The lowest BCUT2D eigenvalue weighted by Crippen LogP contribution is -2.48. The molecule has 1 aromatic rings. The van der Waals surface area contributed by atoms with Crippen molar-refractivity contribution < 1.29 is 4.79 Å². The molecule has 0 spiro atoms. The number of allylic oxidation sites excluding steroid dienone is 1. The maximum absolute atomic E-state index is 12.5. The molecule has 1 aromatic heterocycles. The smallest absolute Gasteiger partial charge is 0.239 e. The third kappa shape index (κ3) is 3.32. The summed E-state index contributed by atoms with van der Waals surface area (Å²) >= 11 is 0. The Kier molecular flexibility index (Phi) is 4.34. The Morgan fingerprint density at radius 3 is 3.00 bits per heavy atom. The fraction of sp³-hybridized carbons (Fsp3) is 0.667. The molecule has 2 N–H and O–H groups in total. The van der Waals surface area contributed by atoms with Crippen molar-refractivity contribution in [2.45, 2.75) is 44.7 Å². The van der Waals surface area contributed by atoms with Crippen molar-refractivity contribution in [3.8, 4) is 0 Å². The minimum Gasteiger partial charge on any atom is -0.337 e. The zero-order chi connectivity index (χ0) is 14.7. The molecule has 0 saturated carbocycles. The molecule has 21 heavy (non-hydrogen) atoms. The number of carbonyl (C=O) groups is 1. The molecule has 6 nitrogen and oxygen atoms in total. The summed E-state index contributed by atoms with van der Waals surface area (Å²) < 4.78 is 0. The Morgan fingerprint density at radius 1 is 1.38 bits per heavy atom. The van der Waals surface area contributed by atoms with Gasteiger partial charge in [-0.05, 0) is 38.0 Å². The van der Waals surface area contributed by atoms with Gasteiger partial charge in [-0.25, -0.2) is 0 Å². The Balaban J connectivity index is 1.53. The zero-order valence-electron chi connectivity index (χ0n) is 12.3. The molecule has 1 amide bonds. The number of aryl methyl sites for hydroxylation is 1. The summed E-state index contributed by atoms with van der Waals surface area (Å²) in [5, 5.41) is 8.06. The van der Waals surface area contributed by atoms with E-state index in [4.69, 9.17) is 5.73 Å². The van der Waals surface area contributed by atoms with Crippen molar-refractivity contribution in [1.82, 2.24) is 19.9 Å². The van der Waals surface area contributed by atoms with Gasteiger partial charge < -0.3 is 10.6 Å². The molecule has 2 atom stereocenters. The first-order chi connectivity index (χ1) is 10.2. The average molecular weight is 289 g/mol. The summed E-state index contributed by atoms with van der Waals surface area (Å²) in [5.41, 5.74) is 7.50. The van der Waals surface area contributed by atoms with E-state index in [1.165, 1.54) is 18.4 Å². The lowest BCUT2D eigenvalue weighted by atomic mass is 9.82. The molecule has 1 fully saturated rings. The highest BCUT2D eigenvalue weighted by Crippen LogP contribution is 2.31. The van der Waals surface area contributed by atoms with Gasteiger partial charge in [0.05, 0.1) is 25.0 Å². The van der Waals surface area contributed by atoms with Crippen LogP contribution in [-0.4, -0.2) is 44.9 Å². The van der Waals surface area contributed by atoms with Crippen molar-refractivity contribution in [1.29, 1.82) is 0 Å². The highest BCUT2D eigenvalue weighted by Gasteiger charge is 2.29. The number of nitrogens with two attached hydrogens (primary N) is 1. The summed E-state index contributed by atoms with van der Waals surface area (Å²) in [6.45, 7) is 2.20. The van der Waals surface area contributed by atoms with Gasteiger partial charge in [0.15, 0.2) is 0 Å². The van der Waals surface area contributed by atoms with E-state index in [1.54, 1.807) is 17.2 Å². The molecule has 1 aliphatic carbocycles.